The number of nitriles is 1. The van der Waals surface area contributed by atoms with E-state index in [0.717, 1.165) is 26.4 Å². The minimum atomic E-state index is -0.329. The lowest BCUT2D eigenvalue weighted by Gasteiger charge is -2.00. The van der Waals surface area contributed by atoms with Crippen LogP contribution in [0.5, 0.6) is 0 Å². The number of carbonyl (C=O) groups excluding carboxylic acids is 1. The molecule has 138 valence electrons. The van der Waals surface area contributed by atoms with Crippen LogP contribution in [0, 0.1) is 11.3 Å². The van der Waals surface area contributed by atoms with Gasteiger partial charge in [0.2, 0.25) is 17.7 Å². The summed E-state index contributed by atoms with van der Waals surface area (Å²) in [7, 11) is 0. The van der Waals surface area contributed by atoms with Crippen molar-refractivity contribution in [1.82, 2.24) is 20.5 Å². The first-order chi connectivity index (χ1) is 13.7. The number of benzene rings is 2. The number of amides is 1. The normalized spacial score (nSPS) is 10.7. The van der Waals surface area contributed by atoms with Gasteiger partial charge in [0.1, 0.15) is 18.0 Å². The fourth-order valence-electron chi connectivity index (χ4n) is 2.76. The summed E-state index contributed by atoms with van der Waals surface area (Å²) in [6.07, 6.45) is 0.363. The quantitative estimate of drug-likeness (QED) is 0.508. The average molecular weight is 389 g/mol. The Morgan fingerprint density at radius 1 is 1.11 bits per heavy atom. The highest BCUT2D eigenvalue weighted by Gasteiger charge is 2.13. The number of nitrogens with one attached hydrogen (secondary N) is 1. The Morgan fingerprint density at radius 2 is 1.93 bits per heavy atom. The molecule has 0 bridgehead atoms. The molecular weight excluding hydrogens is 374 g/mol. The van der Waals surface area contributed by atoms with E-state index in [1.165, 1.54) is 0 Å². The third-order valence-corrected chi connectivity index (χ3v) is 5.05. The highest BCUT2D eigenvalue weighted by molar-refractivity contribution is 7.18. The Labute approximate surface area is 164 Å². The number of nitrogens with zero attached hydrogens (tertiary/aromatic N) is 4. The average Bonchev–Trinajstić information content (AvgIpc) is 3.32. The van der Waals surface area contributed by atoms with Crippen LogP contribution >= 0.6 is 11.3 Å². The highest BCUT2D eigenvalue weighted by atomic mass is 32.1. The lowest BCUT2D eigenvalue weighted by atomic mass is 10.1. The summed E-state index contributed by atoms with van der Waals surface area (Å²) in [4.78, 5) is 16.2. The molecule has 0 radical (unpaired) electrons. The predicted molar refractivity (Wildman–Crippen MR) is 104 cm³/mol. The van der Waals surface area contributed by atoms with Crippen molar-refractivity contribution < 1.29 is 9.21 Å². The number of hydrogen-bond acceptors (Lipinski definition) is 7. The van der Waals surface area contributed by atoms with Crippen molar-refractivity contribution in [2.24, 2.45) is 0 Å². The predicted octanol–water partition coefficient (Wildman–Crippen LogP) is 3.12. The Balaban J connectivity index is 1.48. The van der Waals surface area contributed by atoms with Gasteiger partial charge in [0.15, 0.2) is 0 Å². The maximum Gasteiger partial charge on any atom is 0.230 e. The summed E-state index contributed by atoms with van der Waals surface area (Å²) in [5, 5.41) is 19.6. The van der Waals surface area contributed by atoms with Crippen LogP contribution in [0.3, 0.4) is 0 Å². The van der Waals surface area contributed by atoms with Crippen molar-refractivity contribution in [3.8, 4) is 17.2 Å². The summed E-state index contributed by atoms with van der Waals surface area (Å²) in [5.41, 5.74) is 3.23. The monoisotopic (exact) mass is 389 g/mol. The minimum Gasteiger partial charge on any atom is -0.424 e. The lowest BCUT2D eigenvalue weighted by molar-refractivity contribution is -0.120. The van der Waals surface area contributed by atoms with Gasteiger partial charge in [-0.05, 0) is 23.3 Å². The van der Waals surface area contributed by atoms with Crippen molar-refractivity contribution in [2.75, 3.05) is 6.54 Å². The molecule has 0 saturated heterocycles. The van der Waals surface area contributed by atoms with Gasteiger partial charge in [0.25, 0.3) is 0 Å². The van der Waals surface area contributed by atoms with E-state index in [2.05, 4.69) is 44.8 Å². The third-order valence-electron chi connectivity index (χ3n) is 4.03. The van der Waals surface area contributed by atoms with Crippen molar-refractivity contribution in [2.45, 2.75) is 12.8 Å². The molecule has 0 aliphatic carbocycles. The first kappa shape index (κ1) is 17.8. The summed E-state index contributed by atoms with van der Waals surface area (Å²) < 4.78 is 6.62. The molecule has 28 heavy (non-hydrogen) atoms. The van der Waals surface area contributed by atoms with Crippen LogP contribution in [0.25, 0.3) is 21.3 Å². The number of fused-ring (bicyclic) bond motifs is 1. The van der Waals surface area contributed by atoms with Crippen LogP contribution in [0.4, 0.5) is 0 Å². The topological polar surface area (TPSA) is 105 Å². The molecule has 2 heterocycles. The van der Waals surface area contributed by atoms with Gasteiger partial charge >= 0.3 is 0 Å². The largest absolute Gasteiger partial charge is 0.424 e. The van der Waals surface area contributed by atoms with Gasteiger partial charge in [-0.25, -0.2) is 4.98 Å². The van der Waals surface area contributed by atoms with E-state index >= 15 is 0 Å². The molecule has 8 heteroatoms. The molecule has 2 aromatic heterocycles. The molecule has 0 atom stereocenters. The molecule has 1 amide bonds. The zero-order valence-corrected chi connectivity index (χ0v) is 15.6. The SMILES string of the molecule is N#CCNC(=O)Cc1nnc(Cc2nc3ccc(-c4ccccc4)cc3s2)o1. The zero-order valence-electron chi connectivity index (χ0n) is 14.8. The van der Waals surface area contributed by atoms with Crippen LogP contribution in [0.15, 0.2) is 52.9 Å². The minimum absolute atomic E-state index is 0.0451. The maximum atomic E-state index is 11.6. The number of rotatable bonds is 6. The summed E-state index contributed by atoms with van der Waals surface area (Å²) >= 11 is 1.58. The second-order valence-corrected chi connectivity index (χ2v) is 7.15. The molecule has 0 saturated carbocycles. The van der Waals surface area contributed by atoms with Gasteiger partial charge in [-0.2, -0.15) is 5.26 Å². The van der Waals surface area contributed by atoms with E-state index in [1.807, 2.05) is 30.3 Å². The van der Waals surface area contributed by atoms with E-state index in [0.29, 0.717) is 12.3 Å². The van der Waals surface area contributed by atoms with Crippen LogP contribution in [0.1, 0.15) is 16.8 Å². The Kier molecular flexibility index (Phi) is 5.08. The molecule has 0 aliphatic rings. The lowest BCUT2D eigenvalue weighted by Crippen LogP contribution is -2.25. The third kappa shape index (κ3) is 4.05. The molecule has 1 N–H and O–H groups in total. The van der Waals surface area contributed by atoms with E-state index in [1.54, 1.807) is 11.3 Å². The molecule has 4 aromatic rings. The first-order valence-electron chi connectivity index (χ1n) is 8.61. The van der Waals surface area contributed by atoms with Gasteiger partial charge in [0.05, 0.1) is 22.7 Å². The van der Waals surface area contributed by atoms with Gasteiger partial charge in [0, 0.05) is 0 Å². The number of aromatic nitrogens is 3. The summed E-state index contributed by atoms with van der Waals surface area (Å²) in [6, 6.07) is 18.2. The molecule has 0 spiro atoms. The van der Waals surface area contributed by atoms with Gasteiger partial charge in [-0.15, -0.1) is 21.5 Å². The Morgan fingerprint density at radius 3 is 2.75 bits per heavy atom. The van der Waals surface area contributed by atoms with E-state index in [4.69, 9.17) is 9.68 Å². The van der Waals surface area contributed by atoms with Gasteiger partial charge in [-0.3, -0.25) is 4.79 Å². The Hall–Kier alpha value is -3.57. The fraction of sp³-hybridized carbons (Fsp3) is 0.150. The second-order valence-electron chi connectivity index (χ2n) is 6.03. The number of thiazole rings is 1. The molecule has 4 rings (SSSR count). The van der Waals surface area contributed by atoms with E-state index in [9.17, 15) is 4.79 Å². The zero-order chi connectivity index (χ0) is 19.3. The molecule has 7 nitrogen and oxygen atoms in total. The van der Waals surface area contributed by atoms with Crippen LogP contribution < -0.4 is 5.32 Å². The fourth-order valence-corrected chi connectivity index (χ4v) is 3.75. The van der Waals surface area contributed by atoms with E-state index < -0.39 is 0 Å². The number of carbonyl (C=O) groups is 1. The van der Waals surface area contributed by atoms with Gasteiger partial charge < -0.3 is 9.73 Å². The molecule has 0 fully saturated rings. The first-order valence-corrected chi connectivity index (χ1v) is 9.43. The van der Waals surface area contributed by atoms with E-state index in [-0.39, 0.29) is 24.8 Å². The van der Waals surface area contributed by atoms with Crippen LogP contribution in [-0.4, -0.2) is 27.6 Å². The standard InChI is InChI=1S/C20H15N5O2S/c21-8-9-22-17(26)11-18-24-25-19(27-18)12-20-23-15-7-6-14(10-16(15)28-20)13-4-2-1-3-5-13/h1-7,10H,9,11-12H2,(H,22,26). The molecule has 0 unspecified atom stereocenters. The van der Waals surface area contributed by atoms with Crippen LogP contribution in [-0.2, 0) is 17.6 Å². The molecular formula is C20H15N5O2S. The van der Waals surface area contributed by atoms with Crippen LogP contribution in [0.2, 0.25) is 0 Å². The molecule has 2 aromatic carbocycles. The summed E-state index contributed by atoms with van der Waals surface area (Å²) in [6.45, 7) is -0.0451. The molecule has 0 aliphatic heterocycles. The van der Waals surface area contributed by atoms with Crippen molar-refractivity contribution in [3.05, 3.63) is 65.3 Å². The van der Waals surface area contributed by atoms with Crippen molar-refractivity contribution >= 4 is 27.5 Å². The van der Waals surface area contributed by atoms with Crippen molar-refractivity contribution in [1.29, 1.82) is 5.26 Å². The highest BCUT2D eigenvalue weighted by Crippen LogP contribution is 2.29. The van der Waals surface area contributed by atoms with Gasteiger partial charge in [-0.1, -0.05) is 36.4 Å². The number of hydrogen-bond donors (Lipinski definition) is 1. The second kappa shape index (κ2) is 7.98. The Bertz CT molecular complexity index is 1160. The summed E-state index contributed by atoms with van der Waals surface area (Å²) in [5.74, 6) is 0.300. The van der Waals surface area contributed by atoms with Crippen molar-refractivity contribution in [3.63, 3.8) is 0 Å². The maximum absolute atomic E-state index is 11.6. The smallest absolute Gasteiger partial charge is 0.230 e.